The molecule has 0 aliphatic carbocycles. The van der Waals surface area contributed by atoms with Crippen molar-refractivity contribution in [1.82, 2.24) is 14.5 Å². The molecule has 0 unspecified atom stereocenters. The molecule has 1 saturated heterocycles. The number of aromatic nitrogens is 2. The van der Waals surface area contributed by atoms with Gasteiger partial charge in [-0.05, 0) is 30.3 Å². The first-order valence-electron chi connectivity index (χ1n) is 9.39. The van der Waals surface area contributed by atoms with Crippen molar-refractivity contribution in [3.63, 3.8) is 0 Å². The second-order valence-electron chi connectivity index (χ2n) is 7.20. The molecule has 30 heavy (non-hydrogen) atoms. The largest absolute Gasteiger partial charge is 0.366 e. The summed E-state index contributed by atoms with van der Waals surface area (Å²) in [5.74, 6) is -0.916. The molecule has 4 rings (SSSR count). The van der Waals surface area contributed by atoms with Crippen molar-refractivity contribution in [1.29, 1.82) is 5.26 Å². The smallest absolute Gasteiger partial charge is 0.270 e. The molecule has 0 radical (unpaired) electrons. The molecule has 6 nitrogen and oxygen atoms in total. The molecule has 0 atom stereocenters. The van der Waals surface area contributed by atoms with Gasteiger partial charge < -0.3 is 9.47 Å². The number of rotatable bonds is 3. The Kier molecular flexibility index (Phi) is 5.41. The average molecular weight is 430 g/mol. The topological polar surface area (TPSA) is 65.2 Å². The van der Waals surface area contributed by atoms with Crippen molar-refractivity contribution < 1.29 is 8.78 Å². The Labute approximate surface area is 176 Å². The Morgan fingerprint density at radius 1 is 1.17 bits per heavy atom. The van der Waals surface area contributed by atoms with Crippen molar-refractivity contribution in [2.45, 2.75) is 6.54 Å². The predicted molar refractivity (Wildman–Crippen MR) is 111 cm³/mol. The third-order valence-corrected chi connectivity index (χ3v) is 5.59. The fourth-order valence-corrected chi connectivity index (χ4v) is 3.96. The van der Waals surface area contributed by atoms with E-state index in [9.17, 15) is 18.8 Å². The minimum absolute atomic E-state index is 0.0180. The van der Waals surface area contributed by atoms with Crippen LogP contribution in [-0.2, 0) is 13.6 Å². The maximum absolute atomic E-state index is 14.0. The van der Waals surface area contributed by atoms with Crippen LogP contribution in [0.4, 0.5) is 14.5 Å². The van der Waals surface area contributed by atoms with Crippen molar-refractivity contribution in [3.05, 3.63) is 68.6 Å². The van der Waals surface area contributed by atoms with E-state index in [-0.39, 0.29) is 17.3 Å². The second kappa shape index (κ2) is 8.01. The number of pyridine rings is 2. The number of nitriles is 1. The van der Waals surface area contributed by atoms with E-state index >= 15 is 0 Å². The summed E-state index contributed by atoms with van der Waals surface area (Å²) >= 11 is 6.08. The summed E-state index contributed by atoms with van der Waals surface area (Å²) in [7, 11) is 1.59. The summed E-state index contributed by atoms with van der Waals surface area (Å²) in [5.41, 5.74) is 1.47. The van der Waals surface area contributed by atoms with Crippen LogP contribution >= 0.6 is 11.6 Å². The third-order valence-electron chi connectivity index (χ3n) is 5.38. The van der Waals surface area contributed by atoms with Crippen LogP contribution in [0.15, 0.2) is 35.1 Å². The molecule has 0 N–H and O–H groups in total. The first kappa shape index (κ1) is 20.3. The monoisotopic (exact) mass is 429 g/mol. The van der Waals surface area contributed by atoms with Crippen molar-refractivity contribution in [3.8, 4) is 6.07 Å². The highest BCUT2D eigenvalue weighted by atomic mass is 35.5. The van der Waals surface area contributed by atoms with Gasteiger partial charge in [0.05, 0.1) is 11.2 Å². The average Bonchev–Trinajstić information content (AvgIpc) is 2.74. The fraction of sp³-hybridized carbons (Fsp3) is 0.286. The van der Waals surface area contributed by atoms with Gasteiger partial charge in [0.2, 0.25) is 0 Å². The molecule has 0 spiro atoms. The summed E-state index contributed by atoms with van der Waals surface area (Å²) in [4.78, 5) is 21.0. The summed E-state index contributed by atoms with van der Waals surface area (Å²) < 4.78 is 28.8. The van der Waals surface area contributed by atoms with Gasteiger partial charge in [0.1, 0.15) is 33.9 Å². The predicted octanol–water partition coefficient (Wildman–Crippen LogP) is 3.06. The number of anilines is 1. The van der Waals surface area contributed by atoms with Gasteiger partial charge in [-0.2, -0.15) is 5.26 Å². The van der Waals surface area contributed by atoms with Crippen molar-refractivity contribution in [2.24, 2.45) is 7.05 Å². The van der Waals surface area contributed by atoms with E-state index in [1.165, 1.54) is 10.6 Å². The van der Waals surface area contributed by atoms with E-state index in [0.29, 0.717) is 48.5 Å². The van der Waals surface area contributed by atoms with E-state index in [0.717, 1.165) is 12.1 Å². The van der Waals surface area contributed by atoms with Gasteiger partial charge in [-0.1, -0.05) is 11.6 Å². The fourth-order valence-electron chi connectivity index (χ4n) is 3.81. The number of nitrogens with zero attached hydrogens (tertiary/aromatic N) is 5. The lowest BCUT2D eigenvalue weighted by Crippen LogP contribution is -2.47. The Morgan fingerprint density at radius 2 is 1.90 bits per heavy atom. The molecule has 1 aliphatic heterocycles. The minimum Gasteiger partial charge on any atom is -0.366 e. The lowest BCUT2D eigenvalue weighted by atomic mass is 10.1. The van der Waals surface area contributed by atoms with Crippen molar-refractivity contribution in [2.75, 3.05) is 31.1 Å². The molecule has 3 heterocycles. The Balaban J connectivity index is 1.64. The maximum Gasteiger partial charge on any atom is 0.270 e. The summed E-state index contributed by atoms with van der Waals surface area (Å²) in [6.07, 6.45) is 0. The molecular weight excluding hydrogens is 412 g/mol. The van der Waals surface area contributed by atoms with E-state index in [1.807, 2.05) is 15.9 Å². The molecule has 1 aliphatic rings. The standard InChI is InChI=1S/C21H18ClF2N5O/c1-27-17-4-5-18(22)26-19(17)20(15(11-25)21(27)30)29-8-6-28(7-9-29)12-13-10-14(23)2-3-16(13)24/h2-5,10H,6-9,12H2,1H3. The highest BCUT2D eigenvalue weighted by Gasteiger charge is 2.25. The number of benzene rings is 1. The highest BCUT2D eigenvalue weighted by molar-refractivity contribution is 6.29. The number of hydrogen-bond acceptors (Lipinski definition) is 5. The Bertz CT molecular complexity index is 1230. The zero-order valence-electron chi connectivity index (χ0n) is 16.2. The molecule has 1 fully saturated rings. The van der Waals surface area contributed by atoms with Crippen LogP contribution in [-0.4, -0.2) is 40.6 Å². The molecule has 0 amide bonds. The third kappa shape index (κ3) is 3.62. The summed E-state index contributed by atoms with van der Waals surface area (Å²) in [6.45, 7) is 2.39. The first-order chi connectivity index (χ1) is 14.4. The number of fused-ring (bicyclic) bond motifs is 1. The molecule has 0 saturated carbocycles. The molecule has 9 heteroatoms. The van der Waals surface area contributed by atoms with Gasteiger partial charge in [0.15, 0.2) is 0 Å². The van der Waals surface area contributed by atoms with Crippen molar-refractivity contribution >= 4 is 28.3 Å². The van der Waals surface area contributed by atoms with Gasteiger partial charge in [0, 0.05) is 45.3 Å². The van der Waals surface area contributed by atoms with Crippen LogP contribution in [0.1, 0.15) is 11.1 Å². The highest BCUT2D eigenvalue weighted by Crippen LogP contribution is 2.29. The van der Waals surface area contributed by atoms with E-state index in [1.54, 1.807) is 19.2 Å². The van der Waals surface area contributed by atoms with E-state index in [4.69, 9.17) is 11.6 Å². The SMILES string of the molecule is Cn1c(=O)c(C#N)c(N2CCN(Cc3cc(F)ccc3F)CC2)c2nc(Cl)ccc21. The molecule has 154 valence electrons. The molecular formula is C21H18ClF2N5O. The van der Waals surface area contributed by atoms with Crippen LogP contribution < -0.4 is 10.5 Å². The Hall–Kier alpha value is -3.02. The maximum atomic E-state index is 14.0. The van der Waals surface area contributed by atoms with Crippen LogP contribution in [0, 0.1) is 23.0 Å². The zero-order chi connectivity index (χ0) is 21.4. The molecule has 3 aromatic rings. The van der Waals surface area contributed by atoms with Crippen LogP contribution in [0.3, 0.4) is 0 Å². The lowest BCUT2D eigenvalue weighted by molar-refractivity contribution is 0.246. The lowest BCUT2D eigenvalue weighted by Gasteiger charge is -2.36. The summed E-state index contributed by atoms with van der Waals surface area (Å²) in [6, 6.07) is 8.75. The van der Waals surface area contributed by atoms with Gasteiger partial charge in [-0.15, -0.1) is 0 Å². The van der Waals surface area contributed by atoms with Gasteiger partial charge in [0.25, 0.3) is 5.56 Å². The van der Waals surface area contributed by atoms with Crippen LogP contribution in [0.5, 0.6) is 0 Å². The number of hydrogen-bond donors (Lipinski definition) is 0. The van der Waals surface area contributed by atoms with Crippen LogP contribution in [0.2, 0.25) is 5.15 Å². The molecule has 1 aromatic carbocycles. The molecule has 2 aromatic heterocycles. The number of aryl methyl sites for hydroxylation is 1. The van der Waals surface area contributed by atoms with Gasteiger partial charge in [-0.3, -0.25) is 9.69 Å². The quantitative estimate of drug-likeness (QED) is 0.599. The minimum atomic E-state index is -0.474. The second-order valence-corrected chi connectivity index (χ2v) is 7.59. The first-order valence-corrected chi connectivity index (χ1v) is 9.77. The van der Waals surface area contributed by atoms with Gasteiger partial charge in [-0.25, -0.2) is 13.8 Å². The number of piperazine rings is 1. The molecule has 0 bridgehead atoms. The summed E-state index contributed by atoms with van der Waals surface area (Å²) in [5, 5.41) is 9.92. The Morgan fingerprint density at radius 3 is 2.60 bits per heavy atom. The van der Waals surface area contributed by atoms with Gasteiger partial charge >= 0.3 is 0 Å². The van der Waals surface area contributed by atoms with Crippen LogP contribution in [0.25, 0.3) is 11.0 Å². The zero-order valence-corrected chi connectivity index (χ0v) is 17.0. The number of halogens is 3. The van der Waals surface area contributed by atoms with E-state index in [2.05, 4.69) is 4.98 Å². The normalized spacial score (nSPS) is 14.8. The van der Waals surface area contributed by atoms with E-state index < -0.39 is 17.2 Å².